The number of carbonyl (C=O) groups excluding carboxylic acids is 1. The van der Waals surface area contributed by atoms with E-state index >= 15 is 0 Å². The largest absolute Gasteiger partial charge is 0.463 e. The Morgan fingerprint density at radius 3 is 2.64 bits per heavy atom. The molecule has 1 aliphatic heterocycles. The molecule has 0 bridgehead atoms. The van der Waals surface area contributed by atoms with Crippen LogP contribution in [0.1, 0.15) is 16.1 Å². The first-order chi connectivity index (χ1) is 10.8. The highest BCUT2D eigenvalue weighted by molar-refractivity contribution is 5.87. The van der Waals surface area contributed by atoms with Crippen molar-refractivity contribution in [1.82, 2.24) is 9.88 Å². The van der Waals surface area contributed by atoms with Crippen molar-refractivity contribution in [2.45, 2.75) is 6.54 Å². The number of aromatic nitrogens is 1. The van der Waals surface area contributed by atoms with Crippen LogP contribution in [-0.4, -0.2) is 49.1 Å². The molecule has 1 fully saturated rings. The Morgan fingerprint density at radius 1 is 1.23 bits per heavy atom. The van der Waals surface area contributed by atoms with Crippen LogP contribution in [0, 0.1) is 0 Å². The van der Waals surface area contributed by atoms with Crippen molar-refractivity contribution in [2.75, 3.05) is 38.2 Å². The number of piperazine rings is 1. The van der Waals surface area contributed by atoms with Gasteiger partial charge in [0.15, 0.2) is 0 Å². The summed E-state index contributed by atoms with van der Waals surface area (Å²) in [4.78, 5) is 20.3. The van der Waals surface area contributed by atoms with Gasteiger partial charge in [0.1, 0.15) is 0 Å². The number of hydrogen-bond donors (Lipinski definition) is 0. The summed E-state index contributed by atoms with van der Waals surface area (Å²) in [6, 6.07) is 5.89. The molecule has 1 aliphatic rings. The standard InChI is InChI=1S/C16H19N3O3/c1-21-16(20)15-13(4-11-22-15)12-18-7-9-19(10-8-18)14-2-5-17-6-3-14/h2-6,11H,7-10,12H2,1H3. The Bertz CT molecular complexity index is 619. The lowest BCUT2D eigenvalue weighted by atomic mass is 10.2. The first-order valence-corrected chi connectivity index (χ1v) is 7.30. The zero-order valence-corrected chi connectivity index (χ0v) is 12.6. The second-order valence-electron chi connectivity index (χ2n) is 5.24. The molecular formula is C16H19N3O3. The second-order valence-corrected chi connectivity index (χ2v) is 5.24. The third kappa shape index (κ3) is 3.12. The molecule has 0 radical (unpaired) electrons. The van der Waals surface area contributed by atoms with E-state index in [0.717, 1.165) is 31.7 Å². The van der Waals surface area contributed by atoms with Gasteiger partial charge in [-0.05, 0) is 18.2 Å². The van der Waals surface area contributed by atoms with Crippen molar-refractivity contribution in [1.29, 1.82) is 0 Å². The van der Waals surface area contributed by atoms with Crippen molar-refractivity contribution in [3.63, 3.8) is 0 Å². The molecule has 3 heterocycles. The van der Waals surface area contributed by atoms with E-state index in [1.807, 2.05) is 30.6 Å². The molecule has 0 aromatic carbocycles. The molecule has 2 aromatic heterocycles. The normalized spacial score (nSPS) is 15.8. The topological polar surface area (TPSA) is 58.8 Å². The number of carbonyl (C=O) groups is 1. The fourth-order valence-electron chi connectivity index (χ4n) is 2.69. The average molecular weight is 301 g/mol. The summed E-state index contributed by atoms with van der Waals surface area (Å²) in [7, 11) is 1.36. The van der Waals surface area contributed by atoms with Gasteiger partial charge in [-0.1, -0.05) is 0 Å². The highest BCUT2D eigenvalue weighted by Crippen LogP contribution is 2.18. The minimum atomic E-state index is -0.421. The van der Waals surface area contributed by atoms with E-state index in [1.165, 1.54) is 19.1 Å². The lowest BCUT2D eigenvalue weighted by molar-refractivity contribution is 0.0561. The predicted molar refractivity (Wildman–Crippen MR) is 81.8 cm³/mol. The maximum Gasteiger partial charge on any atom is 0.374 e. The average Bonchev–Trinajstić information content (AvgIpc) is 3.04. The maximum absolute atomic E-state index is 11.6. The Kier molecular flexibility index (Phi) is 4.39. The molecule has 0 amide bonds. The molecule has 0 saturated carbocycles. The van der Waals surface area contributed by atoms with E-state index in [1.54, 1.807) is 0 Å². The molecule has 0 aliphatic carbocycles. The molecule has 6 heteroatoms. The van der Waals surface area contributed by atoms with E-state index in [9.17, 15) is 4.79 Å². The first kappa shape index (κ1) is 14.6. The minimum absolute atomic E-state index is 0.305. The van der Waals surface area contributed by atoms with Gasteiger partial charge in [0, 0.05) is 56.4 Å². The maximum atomic E-state index is 11.6. The van der Waals surface area contributed by atoms with Crippen LogP contribution in [0.2, 0.25) is 0 Å². The van der Waals surface area contributed by atoms with Crippen LogP contribution >= 0.6 is 0 Å². The van der Waals surface area contributed by atoms with Gasteiger partial charge in [0.2, 0.25) is 5.76 Å². The van der Waals surface area contributed by atoms with E-state index < -0.39 is 5.97 Å². The van der Waals surface area contributed by atoms with Crippen molar-refractivity contribution in [3.05, 3.63) is 48.2 Å². The third-order valence-corrected chi connectivity index (χ3v) is 3.91. The van der Waals surface area contributed by atoms with Crippen LogP contribution in [0.3, 0.4) is 0 Å². The van der Waals surface area contributed by atoms with Crippen LogP contribution in [0.15, 0.2) is 41.3 Å². The number of rotatable bonds is 4. The van der Waals surface area contributed by atoms with Crippen LogP contribution in [0.4, 0.5) is 5.69 Å². The Morgan fingerprint density at radius 2 is 1.95 bits per heavy atom. The van der Waals surface area contributed by atoms with Gasteiger partial charge in [-0.3, -0.25) is 9.88 Å². The highest BCUT2D eigenvalue weighted by Gasteiger charge is 2.21. The molecule has 0 spiro atoms. The first-order valence-electron chi connectivity index (χ1n) is 7.30. The summed E-state index contributed by atoms with van der Waals surface area (Å²) < 4.78 is 9.96. The van der Waals surface area contributed by atoms with Gasteiger partial charge in [-0.15, -0.1) is 0 Å². The molecule has 6 nitrogen and oxygen atoms in total. The van der Waals surface area contributed by atoms with Crippen molar-refractivity contribution >= 4 is 11.7 Å². The molecule has 2 aromatic rings. The molecular weight excluding hydrogens is 282 g/mol. The summed E-state index contributed by atoms with van der Waals surface area (Å²) >= 11 is 0. The zero-order valence-electron chi connectivity index (χ0n) is 12.6. The predicted octanol–water partition coefficient (Wildman–Crippen LogP) is 1.78. The van der Waals surface area contributed by atoms with Gasteiger partial charge in [0.25, 0.3) is 0 Å². The van der Waals surface area contributed by atoms with E-state index in [2.05, 4.69) is 14.8 Å². The van der Waals surface area contributed by atoms with Crippen molar-refractivity contribution < 1.29 is 13.9 Å². The minimum Gasteiger partial charge on any atom is -0.463 e. The summed E-state index contributed by atoms with van der Waals surface area (Å²) in [5, 5.41) is 0. The van der Waals surface area contributed by atoms with Crippen LogP contribution < -0.4 is 4.90 Å². The molecule has 0 unspecified atom stereocenters. The quantitative estimate of drug-likeness (QED) is 0.802. The fraction of sp³-hybridized carbons (Fsp3) is 0.375. The molecule has 116 valence electrons. The number of hydrogen-bond acceptors (Lipinski definition) is 6. The summed E-state index contributed by atoms with van der Waals surface area (Å²) in [6.45, 7) is 4.48. The lowest BCUT2D eigenvalue weighted by Gasteiger charge is -2.35. The van der Waals surface area contributed by atoms with Gasteiger partial charge in [-0.25, -0.2) is 4.79 Å². The highest BCUT2D eigenvalue weighted by atomic mass is 16.5. The molecule has 0 N–H and O–H groups in total. The van der Waals surface area contributed by atoms with Gasteiger partial charge < -0.3 is 14.1 Å². The van der Waals surface area contributed by atoms with Crippen LogP contribution in [-0.2, 0) is 11.3 Å². The number of furan rings is 1. The Balaban J connectivity index is 1.59. The number of pyridine rings is 1. The van der Waals surface area contributed by atoms with E-state index in [-0.39, 0.29) is 0 Å². The van der Waals surface area contributed by atoms with Crippen LogP contribution in [0.25, 0.3) is 0 Å². The van der Waals surface area contributed by atoms with E-state index in [0.29, 0.717) is 12.3 Å². The number of methoxy groups -OCH3 is 1. The molecule has 3 rings (SSSR count). The zero-order chi connectivity index (χ0) is 15.4. The monoisotopic (exact) mass is 301 g/mol. The Hall–Kier alpha value is -2.34. The number of anilines is 1. The van der Waals surface area contributed by atoms with Crippen molar-refractivity contribution in [2.24, 2.45) is 0 Å². The SMILES string of the molecule is COC(=O)c1occc1CN1CCN(c2ccncc2)CC1. The molecule has 0 atom stereocenters. The number of esters is 1. The van der Waals surface area contributed by atoms with Gasteiger partial charge >= 0.3 is 5.97 Å². The second kappa shape index (κ2) is 6.62. The molecule has 22 heavy (non-hydrogen) atoms. The van der Waals surface area contributed by atoms with Crippen LogP contribution in [0.5, 0.6) is 0 Å². The summed E-state index contributed by atoms with van der Waals surface area (Å²) in [5.74, 6) is -0.116. The van der Waals surface area contributed by atoms with Gasteiger partial charge in [0.05, 0.1) is 13.4 Å². The van der Waals surface area contributed by atoms with Gasteiger partial charge in [-0.2, -0.15) is 0 Å². The molecule has 1 saturated heterocycles. The van der Waals surface area contributed by atoms with Crippen molar-refractivity contribution in [3.8, 4) is 0 Å². The summed E-state index contributed by atoms with van der Waals surface area (Å²) in [5.41, 5.74) is 2.08. The van der Waals surface area contributed by atoms with E-state index in [4.69, 9.17) is 9.15 Å². The smallest absolute Gasteiger partial charge is 0.374 e. The third-order valence-electron chi connectivity index (χ3n) is 3.91. The number of nitrogens with zero attached hydrogens (tertiary/aromatic N) is 3. The summed E-state index contributed by atoms with van der Waals surface area (Å²) in [6.07, 6.45) is 5.17. The Labute approximate surface area is 129 Å². The number of ether oxygens (including phenoxy) is 1. The fourth-order valence-corrected chi connectivity index (χ4v) is 2.69. The lowest BCUT2D eigenvalue weighted by Crippen LogP contribution is -2.46.